The lowest BCUT2D eigenvalue weighted by molar-refractivity contribution is -0.172. The molecule has 1 N–H and O–H groups in total. The second-order valence-electron chi connectivity index (χ2n) is 6.31. The van der Waals surface area contributed by atoms with Crippen LogP contribution >= 0.6 is 15.9 Å². The Morgan fingerprint density at radius 3 is 2.29 bits per heavy atom. The van der Waals surface area contributed by atoms with Crippen molar-refractivity contribution in [2.45, 2.75) is 43.7 Å². The Labute approximate surface area is 149 Å². The van der Waals surface area contributed by atoms with Gasteiger partial charge in [-0.25, -0.2) is 4.39 Å². The molecule has 2 atom stereocenters. The summed E-state index contributed by atoms with van der Waals surface area (Å²) >= 11 is 1.28. The molecule has 0 amide bonds. The average Bonchev–Trinajstić information content (AvgIpc) is 2.44. The highest BCUT2D eigenvalue weighted by molar-refractivity contribution is 9.10. The third-order valence-corrected chi connectivity index (χ3v) is 5.41. The zero-order valence-electron chi connectivity index (χ0n) is 13.3. The van der Waals surface area contributed by atoms with Gasteiger partial charge in [-0.3, -0.25) is 4.79 Å². The summed E-state index contributed by atoms with van der Waals surface area (Å²) in [5.74, 6) is -2.08. The van der Waals surface area contributed by atoms with Gasteiger partial charge < -0.3 is 4.55 Å². The van der Waals surface area contributed by atoms with Crippen molar-refractivity contribution in [2.24, 2.45) is 0 Å². The van der Waals surface area contributed by atoms with E-state index < -0.39 is 46.7 Å². The van der Waals surface area contributed by atoms with E-state index in [1.807, 2.05) is 0 Å². The highest BCUT2D eigenvalue weighted by Gasteiger charge is 2.48. The number of hydrogen-bond acceptors (Lipinski definition) is 3. The summed E-state index contributed by atoms with van der Waals surface area (Å²) in [4.78, 5) is 11.5. The number of carbonyl (C=O) groups excluding carboxylic acids is 1. The van der Waals surface area contributed by atoms with Crippen molar-refractivity contribution in [3.05, 3.63) is 34.3 Å². The SMILES string of the molecule is CC(C)(C)[S@@+]([O-])NC(CF)(CC(=O)C(F)(F)F)c1cccc(Br)c1. The summed E-state index contributed by atoms with van der Waals surface area (Å²) in [5, 5.41) is 0. The fraction of sp³-hybridized carbons (Fsp3) is 0.533. The molecule has 136 valence electrons. The fourth-order valence-electron chi connectivity index (χ4n) is 1.84. The van der Waals surface area contributed by atoms with Crippen LogP contribution in [0.15, 0.2) is 28.7 Å². The van der Waals surface area contributed by atoms with Crippen molar-refractivity contribution < 1.29 is 26.9 Å². The zero-order valence-corrected chi connectivity index (χ0v) is 15.7. The summed E-state index contributed by atoms with van der Waals surface area (Å²) in [6, 6.07) is 5.90. The number of Topliss-reactive ketones (excluding diaryl/α,β-unsaturated/α-hetero) is 1. The number of halogens is 5. The van der Waals surface area contributed by atoms with Crippen LogP contribution in [0, 0.1) is 0 Å². The minimum atomic E-state index is -5.10. The molecule has 0 heterocycles. The molecule has 0 saturated heterocycles. The molecule has 0 bridgehead atoms. The van der Waals surface area contributed by atoms with Crippen LogP contribution in [-0.4, -0.2) is 27.9 Å². The third-order valence-electron chi connectivity index (χ3n) is 3.23. The fourth-order valence-corrected chi connectivity index (χ4v) is 3.14. The van der Waals surface area contributed by atoms with Crippen molar-refractivity contribution in [3.63, 3.8) is 0 Å². The van der Waals surface area contributed by atoms with E-state index in [9.17, 15) is 26.9 Å². The number of alkyl halides is 4. The number of carbonyl (C=O) groups is 1. The van der Waals surface area contributed by atoms with Gasteiger partial charge in [0, 0.05) is 22.3 Å². The van der Waals surface area contributed by atoms with Gasteiger partial charge in [0.25, 0.3) is 0 Å². The quantitative estimate of drug-likeness (QED) is 0.542. The van der Waals surface area contributed by atoms with Gasteiger partial charge in [-0.2, -0.15) is 13.2 Å². The van der Waals surface area contributed by atoms with Crippen LogP contribution in [0.1, 0.15) is 32.8 Å². The van der Waals surface area contributed by atoms with Crippen molar-refractivity contribution in [3.8, 4) is 0 Å². The molecule has 0 saturated carbocycles. The molecule has 1 rings (SSSR count). The number of ketones is 1. The molecular formula is C15H18BrF4NO2S. The van der Waals surface area contributed by atoms with Crippen molar-refractivity contribution in [1.82, 2.24) is 4.72 Å². The molecule has 9 heteroatoms. The molecule has 24 heavy (non-hydrogen) atoms. The summed E-state index contributed by atoms with van der Waals surface area (Å²) in [7, 11) is 0. The van der Waals surface area contributed by atoms with Crippen LogP contribution in [-0.2, 0) is 21.7 Å². The van der Waals surface area contributed by atoms with E-state index in [4.69, 9.17) is 0 Å². The van der Waals surface area contributed by atoms with Crippen molar-refractivity contribution >= 4 is 33.1 Å². The molecule has 1 unspecified atom stereocenters. The van der Waals surface area contributed by atoms with Gasteiger partial charge in [0.15, 0.2) is 0 Å². The molecule has 0 aliphatic carbocycles. The van der Waals surface area contributed by atoms with Gasteiger partial charge in [-0.15, -0.1) is 4.72 Å². The zero-order chi connectivity index (χ0) is 18.8. The van der Waals surface area contributed by atoms with Crippen LogP contribution in [0.3, 0.4) is 0 Å². The Kier molecular flexibility index (Phi) is 6.88. The Morgan fingerprint density at radius 2 is 1.88 bits per heavy atom. The minimum absolute atomic E-state index is 0.106. The van der Waals surface area contributed by atoms with E-state index in [0.29, 0.717) is 4.47 Å². The van der Waals surface area contributed by atoms with Crippen molar-refractivity contribution in [1.29, 1.82) is 0 Å². The largest absolute Gasteiger partial charge is 0.598 e. The second-order valence-corrected chi connectivity index (χ2v) is 9.19. The van der Waals surface area contributed by atoms with E-state index in [1.165, 1.54) is 18.2 Å². The molecule has 0 spiro atoms. The standard InChI is InChI=1S/C15H18BrF4NO2S/c1-13(2,3)24(23)21-14(9-17,8-12(22)15(18,19)20)10-5-4-6-11(16)7-10/h4-7,21H,8-9H2,1-3H3/t14?,24-/m1/s1. The molecule has 1 aromatic rings. The first-order valence-electron chi connectivity index (χ1n) is 6.93. The lowest BCUT2D eigenvalue weighted by atomic mass is 9.87. The molecule has 0 radical (unpaired) electrons. The molecule has 0 aromatic heterocycles. The summed E-state index contributed by atoms with van der Waals surface area (Å²) in [5.41, 5.74) is -1.93. The van der Waals surface area contributed by atoms with Crippen LogP contribution in [0.5, 0.6) is 0 Å². The first-order valence-corrected chi connectivity index (χ1v) is 8.88. The Morgan fingerprint density at radius 1 is 1.29 bits per heavy atom. The molecule has 0 aliphatic rings. The topological polar surface area (TPSA) is 52.2 Å². The minimum Gasteiger partial charge on any atom is -0.598 e. The maximum Gasteiger partial charge on any atom is 0.450 e. The van der Waals surface area contributed by atoms with Gasteiger partial charge in [0.05, 0.1) is 0 Å². The van der Waals surface area contributed by atoms with E-state index in [2.05, 4.69) is 20.7 Å². The summed E-state index contributed by atoms with van der Waals surface area (Å²) in [6.07, 6.45) is -6.29. The first-order chi connectivity index (χ1) is 10.8. The maximum atomic E-state index is 13.9. The van der Waals surface area contributed by atoms with Crippen LogP contribution in [0.25, 0.3) is 0 Å². The van der Waals surface area contributed by atoms with Crippen LogP contribution in [0.4, 0.5) is 17.6 Å². The Bertz CT molecular complexity index is 592. The van der Waals surface area contributed by atoms with Gasteiger partial charge in [0.1, 0.15) is 17.0 Å². The smallest absolute Gasteiger partial charge is 0.450 e. The Hall–Kier alpha value is -0.640. The highest BCUT2D eigenvalue weighted by Crippen LogP contribution is 2.34. The maximum absolute atomic E-state index is 13.9. The number of benzene rings is 1. The second kappa shape index (κ2) is 7.72. The molecule has 1 aromatic carbocycles. The van der Waals surface area contributed by atoms with E-state index in [1.54, 1.807) is 26.8 Å². The molecule has 0 aliphatic heterocycles. The van der Waals surface area contributed by atoms with Gasteiger partial charge in [-0.1, -0.05) is 28.1 Å². The van der Waals surface area contributed by atoms with Gasteiger partial charge >= 0.3 is 6.18 Å². The summed E-state index contributed by atoms with van der Waals surface area (Å²) < 4.78 is 66.4. The van der Waals surface area contributed by atoms with E-state index in [-0.39, 0.29) is 5.56 Å². The molecule has 3 nitrogen and oxygen atoms in total. The van der Waals surface area contributed by atoms with E-state index >= 15 is 0 Å². The lowest BCUT2D eigenvalue weighted by Gasteiger charge is -2.36. The van der Waals surface area contributed by atoms with Gasteiger partial charge in [0.2, 0.25) is 5.78 Å². The predicted molar refractivity (Wildman–Crippen MR) is 88.5 cm³/mol. The van der Waals surface area contributed by atoms with Gasteiger partial charge in [-0.05, 0) is 38.5 Å². The van der Waals surface area contributed by atoms with Crippen molar-refractivity contribution in [2.75, 3.05) is 6.67 Å². The predicted octanol–water partition coefficient (Wildman–Crippen LogP) is 4.19. The lowest BCUT2D eigenvalue weighted by Crippen LogP contribution is -2.54. The third kappa shape index (κ3) is 5.44. The summed E-state index contributed by atoms with van der Waals surface area (Å²) in [6.45, 7) is 3.44. The average molecular weight is 432 g/mol. The monoisotopic (exact) mass is 431 g/mol. The Balaban J connectivity index is 3.34. The molecule has 0 fully saturated rings. The van der Waals surface area contributed by atoms with Crippen LogP contribution < -0.4 is 4.72 Å². The van der Waals surface area contributed by atoms with E-state index in [0.717, 1.165) is 0 Å². The number of rotatable bonds is 6. The highest BCUT2D eigenvalue weighted by atomic mass is 79.9. The normalized spacial score (nSPS) is 16.5. The number of hydrogen-bond donors (Lipinski definition) is 1. The number of nitrogens with one attached hydrogen (secondary N) is 1. The molecular weight excluding hydrogens is 414 g/mol. The first kappa shape index (κ1) is 21.4. The van der Waals surface area contributed by atoms with Crippen LogP contribution in [0.2, 0.25) is 0 Å².